The lowest BCUT2D eigenvalue weighted by molar-refractivity contribution is 0.724. The summed E-state index contributed by atoms with van der Waals surface area (Å²) in [4.78, 5) is 0. The van der Waals surface area contributed by atoms with Crippen LogP contribution >= 0.6 is 11.6 Å². The van der Waals surface area contributed by atoms with Crippen LogP contribution in [-0.4, -0.2) is 18.5 Å². The minimum absolute atomic E-state index is 0.747. The second kappa shape index (κ2) is 2.53. The predicted octanol–water partition coefficient (Wildman–Crippen LogP) is 0.977. The standard InChI is InChI=1S/C5H10ClN/c6-3-4-7-5-1-2-5/h5,7H,1-4H2. The molecule has 0 aliphatic heterocycles. The number of nitrogens with one attached hydrogen (secondary N) is 1. The van der Waals surface area contributed by atoms with Gasteiger partial charge in [0.15, 0.2) is 0 Å². The third-order valence-electron chi connectivity index (χ3n) is 1.10. The first-order valence-electron chi connectivity index (χ1n) is 2.73. The van der Waals surface area contributed by atoms with Gasteiger partial charge in [0, 0.05) is 18.5 Å². The van der Waals surface area contributed by atoms with Crippen molar-refractivity contribution in [1.29, 1.82) is 0 Å². The molecule has 1 aliphatic rings. The third-order valence-corrected chi connectivity index (χ3v) is 1.29. The molecule has 0 bridgehead atoms. The number of hydrogen-bond acceptors (Lipinski definition) is 1. The molecule has 1 saturated carbocycles. The third kappa shape index (κ3) is 2.15. The maximum absolute atomic E-state index is 5.41. The second-order valence-electron chi connectivity index (χ2n) is 1.92. The van der Waals surface area contributed by atoms with Crippen molar-refractivity contribution in [3.8, 4) is 0 Å². The molecule has 1 aliphatic carbocycles. The van der Waals surface area contributed by atoms with Crippen molar-refractivity contribution in [1.82, 2.24) is 5.32 Å². The van der Waals surface area contributed by atoms with Crippen molar-refractivity contribution >= 4 is 11.6 Å². The molecule has 0 aromatic heterocycles. The Bertz CT molecular complexity index is 52.0. The zero-order valence-electron chi connectivity index (χ0n) is 4.28. The Kier molecular flexibility index (Phi) is 1.95. The highest BCUT2D eigenvalue weighted by Gasteiger charge is 2.18. The highest BCUT2D eigenvalue weighted by molar-refractivity contribution is 6.18. The summed E-state index contributed by atoms with van der Waals surface area (Å²) in [6.45, 7) is 0.978. The molecular weight excluding hydrogens is 110 g/mol. The fourth-order valence-electron chi connectivity index (χ4n) is 0.546. The van der Waals surface area contributed by atoms with Crippen molar-refractivity contribution in [2.24, 2.45) is 0 Å². The number of alkyl halides is 1. The zero-order chi connectivity index (χ0) is 5.11. The highest BCUT2D eigenvalue weighted by Crippen LogP contribution is 2.17. The summed E-state index contributed by atoms with van der Waals surface area (Å²) in [5.41, 5.74) is 0. The SMILES string of the molecule is ClCCNC1CC1. The van der Waals surface area contributed by atoms with Gasteiger partial charge in [-0.1, -0.05) is 0 Å². The molecule has 7 heavy (non-hydrogen) atoms. The summed E-state index contributed by atoms with van der Waals surface area (Å²) >= 11 is 5.41. The van der Waals surface area contributed by atoms with Crippen LogP contribution in [-0.2, 0) is 0 Å². The average molecular weight is 120 g/mol. The molecule has 42 valence electrons. The van der Waals surface area contributed by atoms with Crippen molar-refractivity contribution < 1.29 is 0 Å². The van der Waals surface area contributed by atoms with Crippen LogP contribution in [0.1, 0.15) is 12.8 Å². The van der Waals surface area contributed by atoms with E-state index in [4.69, 9.17) is 11.6 Å². The first kappa shape index (κ1) is 5.39. The molecule has 0 atom stereocenters. The van der Waals surface area contributed by atoms with E-state index in [1.807, 2.05) is 0 Å². The van der Waals surface area contributed by atoms with Gasteiger partial charge in [-0.15, -0.1) is 11.6 Å². The van der Waals surface area contributed by atoms with Crippen molar-refractivity contribution in [3.63, 3.8) is 0 Å². The molecule has 0 aromatic rings. The molecule has 1 fully saturated rings. The predicted molar refractivity (Wildman–Crippen MR) is 31.7 cm³/mol. The van der Waals surface area contributed by atoms with Crippen LogP contribution in [0.5, 0.6) is 0 Å². The molecule has 2 heteroatoms. The fraction of sp³-hybridized carbons (Fsp3) is 1.00. The molecule has 1 rings (SSSR count). The van der Waals surface area contributed by atoms with Gasteiger partial charge in [-0.25, -0.2) is 0 Å². The number of rotatable bonds is 3. The van der Waals surface area contributed by atoms with E-state index in [-0.39, 0.29) is 0 Å². The minimum Gasteiger partial charge on any atom is -0.313 e. The smallest absolute Gasteiger partial charge is 0.0348 e. The molecule has 0 saturated heterocycles. The molecule has 0 radical (unpaired) electrons. The topological polar surface area (TPSA) is 12.0 Å². The van der Waals surface area contributed by atoms with Crippen LogP contribution in [0.4, 0.5) is 0 Å². The maximum Gasteiger partial charge on any atom is 0.0348 e. The first-order chi connectivity index (χ1) is 3.43. The second-order valence-corrected chi connectivity index (χ2v) is 2.30. The minimum atomic E-state index is 0.747. The van der Waals surface area contributed by atoms with Gasteiger partial charge in [0.25, 0.3) is 0 Å². The van der Waals surface area contributed by atoms with Crippen LogP contribution in [0.2, 0.25) is 0 Å². The normalized spacial score (nSPS) is 20.1. The Morgan fingerprint density at radius 3 is 2.71 bits per heavy atom. The van der Waals surface area contributed by atoms with E-state index in [9.17, 15) is 0 Å². The number of halogens is 1. The zero-order valence-corrected chi connectivity index (χ0v) is 5.04. The quantitative estimate of drug-likeness (QED) is 0.546. The van der Waals surface area contributed by atoms with Crippen LogP contribution in [0.15, 0.2) is 0 Å². The molecule has 0 heterocycles. The van der Waals surface area contributed by atoms with E-state index < -0.39 is 0 Å². The van der Waals surface area contributed by atoms with E-state index >= 15 is 0 Å². The summed E-state index contributed by atoms with van der Waals surface area (Å²) in [5.74, 6) is 0.747. The lowest BCUT2D eigenvalue weighted by atomic mass is 10.6. The molecule has 0 spiro atoms. The summed E-state index contributed by atoms with van der Waals surface area (Å²) in [6.07, 6.45) is 2.72. The van der Waals surface area contributed by atoms with Gasteiger partial charge in [-0.3, -0.25) is 0 Å². The largest absolute Gasteiger partial charge is 0.313 e. The van der Waals surface area contributed by atoms with Crippen LogP contribution in [0, 0.1) is 0 Å². The lowest BCUT2D eigenvalue weighted by Crippen LogP contribution is -2.18. The van der Waals surface area contributed by atoms with E-state index in [1.54, 1.807) is 0 Å². The monoisotopic (exact) mass is 119 g/mol. The molecule has 0 aromatic carbocycles. The van der Waals surface area contributed by atoms with Gasteiger partial charge in [0.05, 0.1) is 0 Å². The van der Waals surface area contributed by atoms with Crippen molar-refractivity contribution in [2.45, 2.75) is 18.9 Å². The summed E-state index contributed by atoms with van der Waals surface area (Å²) in [5, 5.41) is 3.27. The molecular formula is C5H10ClN. The summed E-state index contributed by atoms with van der Waals surface area (Å²) in [6, 6.07) is 0.818. The van der Waals surface area contributed by atoms with Gasteiger partial charge in [0.1, 0.15) is 0 Å². The van der Waals surface area contributed by atoms with Crippen molar-refractivity contribution in [2.75, 3.05) is 12.4 Å². The van der Waals surface area contributed by atoms with Crippen LogP contribution in [0.3, 0.4) is 0 Å². The van der Waals surface area contributed by atoms with Gasteiger partial charge >= 0.3 is 0 Å². The Labute approximate surface area is 49.0 Å². The molecule has 0 amide bonds. The van der Waals surface area contributed by atoms with Gasteiger partial charge in [-0.2, -0.15) is 0 Å². The summed E-state index contributed by atoms with van der Waals surface area (Å²) in [7, 11) is 0. The summed E-state index contributed by atoms with van der Waals surface area (Å²) < 4.78 is 0. The fourth-order valence-corrected chi connectivity index (χ4v) is 0.655. The van der Waals surface area contributed by atoms with Crippen LogP contribution < -0.4 is 5.32 Å². The lowest BCUT2D eigenvalue weighted by Gasteiger charge is -1.93. The Balaban J connectivity index is 1.80. The van der Waals surface area contributed by atoms with E-state index in [1.165, 1.54) is 12.8 Å². The van der Waals surface area contributed by atoms with E-state index in [0.29, 0.717) is 0 Å². The Morgan fingerprint density at radius 2 is 2.29 bits per heavy atom. The molecule has 0 unspecified atom stereocenters. The van der Waals surface area contributed by atoms with Gasteiger partial charge in [0.2, 0.25) is 0 Å². The van der Waals surface area contributed by atoms with Crippen molar-refractivity contribution in [3.05, 3.63) is 0 Å². The van der Waals surface area contributed by atoms with Gasteiger partial charge in [-0.05, 0) is 12.8 Å². The van der Waals surface area contributed by atoms with Crippen LogP contribution in [0.25, 0.3) is 0 Å². The Hall–Kier alpha value is 0.250. The molecule has 1 N–H and O–H groups in total. The average Bonchev–Trinajstić information content (AvgIpc) is 2.42. The number of hydrogen-bond donors (Lipinski definition) is 1. The molecule has 1 nitrogen and oxygen atoms in total. The maximum atomic E-state index is 5.41. The highest BCUT2D eigenvalue weighted by atomic mass is 35.5. The Morgan fingerprint density at radius 1 is 1.57 bits per heavy atom. The van der Waals surface area contributed by atoms with E-state index in [2.05, 4.69) is 5.32 Å². The first-order valence-corrected chi connectivity index (χ1v) is 3.26. The van der Waals surface area contributed by atoms with E-state index in [0.717, 1.165) is 18.5 Å². The van der Waals surface area contributed by atoms with Gasteiger partial charge < -0.3 is 5.32 Å².